The van der Waals surface area contributed by atoms with E-state index in [4.69, 9.17) is 0 Å². The summed E-state index contributed by atoms with van der Waals surface area (Å²) in [6.45, 7) is 3.50. The van der Waals surface area contributed by atoms with Gasteiger partial charge in [-0.05, 0) is 18.8 Å². The lowest BCUT2D eigenvalue weighted by Gasteiger charge is -2.07. The minimum atomic E-state index is -0.767. The van der Waals surface area contributed by atoms with E-state index < -0.39 is 17.0 Å². The van der Waals surface area contributed by atoms with E-state index in [2.05, 4.69) is 31.0 Å². The van der Waals surface area contributed by atoms with Crippen molar-refractivity contribution >= 4 is 18.2 Å². The molecule has 1 rings (SSSR count). The predicted molar refractivity (Wildman–Crippen MR) is 57.7 cm³/mol. The number of ether oxygens (including phenoxy) is 1. The van der Waals surface area contributed by atoms with Crippen LogP contribution in [0.2, 0.25) is 0 Å². The largest absolute Gasteiger partial charge is 0.515 e. The lowest BCUT2D eigenvalue weighted by molar-refractivity contribution is -0.394. The second kappa shape index (κ2) is 6.12. The van der Waals surface area contributed by atoms with E-state index in [1.807, 2.05) is 0 Å². The smallest absolute Gasteiger partial charge is 0.449 e. The Morgan fingerprint density at radius 3 is 2.89 bits per heavy atom. The number of hydrogen-bond donors (Lipinski definition) is 2. The summed E-state index contributed by atoms with van der Waals surface area (Å²) in [6.07, 6.45) is 0.648. The zero-order chi connectivity index (χ0) is 13.5. The van der Waals surface area contributed by atoms with Crippen LogP contribution in [0.4, 0.5) is 10.7 Å². The molecular weight excluding hydrogens is 246 g/mol. The van der Waals surface area contributed by atoms with E-state index in [1.165, 1.54) is 6.20 Å². The van der Waals surface area contributed by atoms with Gasteiger partial charge in [0.1, 0.15) is 0 Å². The molecule has 11 nitrogen and oxygen atoms in total. The van der Waals surface area contributed by atoms with E-state index >= 15 is 0 Å². The van der Waals surface area contributed by atoms with Crippen molar-refractivity contribution in [3.8, 4) is 0 Å². The highest BCUT2D eigenvalue weighted by Gasteiger charge is 2.13. The molecule has 2 N–H and O–H groups in total. The minimum absolute atomic E-state index is 0.243. The number of hydrazine groups is 1. The zero-order valence-electron chi connectivity index (χ0n) is 9.65. The molecule has 0 aromatic carbocycles. The van der Waals surface area contributed by atoms with Gasteiger partial charge in [-0.2, -0.15) is 0 Å². The second-order valence-electron chi connectivity index (χ2n) is 2.95. The topological polar surface area (TPSA) is 137 Å². The molecule has 0 radical (unpaired) electrons. The molecule has 0 aliphatic rings. The third kappa shape index (κ3) is 4.03. The summed E-state index contributed by atoms with van der Waals surface area (Å²) in [6, 6.07) is 0. The van der Waals surface area contributed by atoms with Crippen LogP contribution in [0.1, 0.15) is 13.8 Å². The van der Waals surface area contributed by atoms with Crippen LogP contribution in [-0.2, 0) is 4.74 Å². The Kier molecular flexibility index (Phi) is 4.54. The van der Waals surface area contributed by atoms with Gasteiger partial charge in [0.2, 0.25) is 0 Å². The van der Waals surface area contributed by atoms with Crippen LogP contribution < -0.4 is 10.9 Å². The summed E-state index contributed by atoms with van der Waals surface area (Å²) in [7, 11) is 0. The molecule has 0 atom stereocenters. The lowest BCUT2D eigenvalue weighted by atomic mass is 10.6. The third-order valence-electron chi connectivity index (χ3n) is 1.53. The highest BCUT2D eigenvalue weighted by molar-refractivity contribution is 5.66. The third-order valence-corrected chi connectivity index (χ3v) is 1.53. The van der Waals surface area contributed by atoms with E-state index in [9.17, 15) is 14.9 Å². The fourth-order valence-corrected chi connectivity index (χ4v) is 0.867. The average Bonchev–Trinajstić information content (AvgIpc) is 2.75. The van der Waals surface area contributed by atoms with Crippen molar-refractivity contribution in [2.45, 2.75) is 13.8 Å². The Bertz CT molecular complexity index is 468. The first-order valence-electron chi connectivity index (χ1n) is 4.84. The maximum atomic E-state index is 10.9. The molecular formula is C7H11N7O4. The maximum Gasteiger partial charge on any atom is 0.515 e. The fraction of sp³-hybridized carbons (Fsp3) is 0.429. The average molecular weight is 257 g/mol. The van der Waals surface area contributed by atoms with Gasteiger partial charge in [0.15, 0.2) is 0 Å². The van der Waals surface area contributed by atoms with Crippen molar-refractivity contribution in [2.24, 2.45) is 0 Å². The van der Waals surface area contributed by atoms with Gasteiger partial charge in [0, 0.05) is 0 Å². The molecule has 0 saturated heterocycles. The van der Waals surface area contributed by atoms with Crippen LogP contribution >= 0.6 is 0 Å². The van der Waals surface area contributed by atoms with Crippen LogP contribution in [-0.4, -0.2) is 37.8 Å². The van der Waals surface area contributed by atoms with E-state index in [1.54, 1.807) is 13.8 Å². The van der Waals surface area contributed by atoms with Crippen molar-refractivity contribution in [1.29, 1.82) is 0 Å². The van der Waals surface area contributed by atoms with E-state index in [-0.39, 0.29) is 6.61 Å². The summed E-state index contributed by atoms with van der Waals surface area (Å²) in [4.78, 5) is 21.4. The number of nitro groups is 1. The molecule has 1 aromatic heterocycles. The first kappa shape index (κ1) is 13.3. The zero-order valence-corrected chi connectivity index (χ0v) is 9.65. The van der Waals surface area contributed by atoms with Crippen molar-refractivity contribution < 1.29 is 14.5 Å². The van der Waals surface area contributed by atoms with Gasteiger partial charge < -0.3 is 14.9 Å². The fourth-order valence-electron chi connectivity index (χ4n) is 0.867. The van der Waals surface area contributed by atoms with Gasteiger partial charge in [-0.25, -0.2) is 10.2 Å². The summed E-state index contributed by atoms with van der Waals surface area (Å²) in [5.41, 5.74) is 5.15. The molecule has 98 valence electrons. The number of nitrogens with one attached hydrogen (secondary N) is 2. The monoisotopic (exact) mass is 257 g/mol. The van der Waals surface area contributed by atoms with Gasteiger partial charge in [-0.15, -0.1) is 0 Å². The van der Waals surface area contributed by atoms with E-state index in [0.29, 0.717) is 5.70 Å². The number of carbonyl (C=O) groups excluding carboxylic acids is 1. The Balaban J connectivity index is 2.54. The van der Waals surface area contributed by atoms with Crippen LogP contribution in [0.25, 0.3) is 6.20 Å². The number of allylic oxidation sites excluding steroid dienone is 1. The number of hydrogen-bond acceptors (Lipinski definition) is 8. The minimum Gasteiger partial charge on any atom is -0.449 e. The number of carbonyl (C=O) groups is 1. The number of rotatable bonds is 5. The van der Waals surface area contributed by atoms with E-state index in [0.717, 1.165) is 4.80 Å². The molecule has 11 heteroatoms. The molecule has 0 aliphatic heterocycles. The summed E-state index contributed by atoms with van der Waals surface area (Å²) >= 11 is 0. The van der Waals surface area contributed by atoms with Crippen LogP contribution in [0.15, 0.2) is 5.70 Å². The first-order valence-corrected chi connectivity index (χ1v) is 4.84. The quantitative estimate of drug-likeness (QED) is 0.539. The summed E-state index contributed by atoms with van der Waals surface area (Å²) < 4.78 is 4.60. The summed E-state index contributed by atoms with van der Waals surface area (Å²) in [5, 5.41) is 20.4. The first-order chi connectivity index (χ1) is 8.52. The molecule has 0 bridgehead atoms. The Morgan fingerprint density at radius 2 is 2.33 bits per heavy atom. The van der Waals surface area contributed by atoms with Crippen LogP contribution in [0, 0.1) is 10.1 Å². The molecule has 1 aromatic rings. The van der Waals surface area contributed by atoms with Gasteiger partial charge in [0.25, 0.3) is 0 Å². The molecule has 0 aliphatic carbocycles. The normalized spacial score (nSPS) is 10.9. The van der Waals surface area contributed by atoms with Crippen molar-refractivity contribution in [3.05, 3.63) is 15.8 Å². The van der Waals surface area contributed by atoms with Gasteiger partial charge >= 0.3 is 12.0 Å². The molecule has 0 spiro atoms. The Morgan fingerprint density at radius 1 is 1.61 bits per heavy atom. The highest BCUT2D eigenvalue weighted by atomic mass is 16.6. The SMILES string of the molecule is CCOC(=O)NN/C(C)=C/n1nnc([N+](=O)[O-])n1. The number of aromatic nitrogens is 4. The number of nitrogens with zero attached hydrogens (tertiary/aromatic N) is 5. The molecule has 1 heterocycles. The lowest BCUT2D eigenvalue weighted by Crippen LogP contribution is -2.36. The van der Waals surface area contributed by atoms with Gasteiger partial charge in [0.05, 0.1) is 33.9 Å². The van der Waals surface area contributed by atoms with Crippen LogP contribution in [0.5, 0.6) is 0 Å². The number of amides is 1. The van der Waals surface area contributed by atoms with Gasteiger partial charge in [-0.3, -0.25) is 5.43 Å². The van der Waals surface area contributed by atoms with Crippen molar-refractivity contribution in [2.75, 3.05) is 6.61 Å². The maximum absolute atomic E-state index is 10.9. The second-order valence-corrected chi connectivity index (χ2v) is 2.95. The predicted octanol–water partition coefficient (Wildman–Crippen LogP) is -0.350. The molecule has 0 unspecified atom stereocenters. The Labute approximate surface area is 101 Å². The molecule has 0 saturated carbocycles. The molecule has 18 heavy (non-hydrogen) atoms. The van der Waals surface area contributed by atoms with Gasteiger partial charge in [-0.1, -0.05) is 4.80 Å². The number of tetrazole rings is 1. The van der Waals surface area contributed by atoms with Crippen molar-refractivity contribution in [1.82, 2.24) is 31.1 Å². The van der Waals surface area contributed by atoms with Crippen LogP contribution in [0.3, 0.4) is 0 Å². The molecule has 1 amide bonds. The highest BCUT2D eigenvalue weighted by Crippen LogP contribution is 1.98. The molecule has 0 fully saturated rings. The van der Waals surface area contributed by atoms with Crippen molar-refractivity contribution in [3.63, 3.8) is 0 Å². The Hall–Kier alpha value is -2.72. The summed E-state index contributed by atoms with van der Waals surface area (Å²) in [5.74, 6) is -0.614. The standard InChI is InChI=1S/C7H11N7O4/c1-3-18-7(15)10-8-5(2)4-13-11-6(9-12-13)14(16)17/h4,8H,3H2,1-2H3,(H,10,15)/b5-4+.